The average Bonchev–Trinajstić information content (AvgIpc) is 2.25. The third-order valence-electron chi connectivity index (χ3n) is 3.55. The molecule has 0 spiro atoms. The molecule has 19 heavy (non-hydrogen) atoms. The van der Waals surface area contributed by atoms with Crippen molar-refractivity contribution in [3.05, 3.63) is 28.8 Å². The second kappa shape index (κ2) is 5.33. The van der Waals surface area contributed by atoms with Crippen LogP contribution in [0.2, 0.25) is 0 Å². The number of alkyl halides is 1. The van der Waals surface area contributed by atoms with Gasteiger partial charge in [0.2, 0.25) is 0 Å². The summed E-state index contributed by atoms with van der Waals surface area (Å²) in [4.78, 5) is 0. The molecule has 0 aromatic heterocycles. The quantitative estimate of drug-likeness (QED) is 0.801. The molecule has 1 aromatic rings. The number of hydrogen-bond donors (Lipinski definition) is 0. The summed E-state index contributed by atoms with van der Waals surface area (Å²) in [6.45, 7) is 7.14. The van der Waals surface area contributed by atoms with Crippen LogP contribution < -0.4 is 4.74 Å². The Morgan fingerprint density at radius 2 is 1.63 bits per heavy atom. The summed E-state index contributed by atoms with van der Waals surface area (Å²) < 4.78 is 28.0. The Morgan fingerprint density at radius 1 is 1.21 bits per heavy atom. The molecule has 0 saturated heterocycles. The van der Waals surface area contributed by atoms with Crippen LogP contribution in [-0.2, 0) is 9.84 Å². The highest BCUT2D eigenvalue weighted by Crippen LogP contribution is 2.39. The van der Waals surface area contributed by atoms with Gasteiger partial charge in [0.15, 0.2) is 9.84 Å². The van der Waals surface area contributed by atoms with Crippen molar-refractivity contribution in [1.82, 2.24) is 0 Å². The molecule has 0 bridgehead atoms. The van der Waals surface area contributed by atoms with Gasteiger partial charge in [-0.1, -0.05) is 12.1 Å². The molecule has 0 saturated carbocycles. The topological polar surface area (TPSA) is 43.4 Å². The summed E-state index contributed by atoms with van der Waals surface area (Å²) in [5.74, 6) is 0.810. The van der Waals surface area contributed by atoms with Gasteiger partial charge in [-0.25, -0.2) is 8.42 Å². The van der Waals surface area contributed by atoms with Crippen molar-refractivity contribution < 1.29 is 13.2 Å². The maximum Gasteiger partial charge on any atom is 0.154 e. The maximum absolute atomic E-state index is 11.9. The van der Waals surface area contributed by atoms with Gasteiger partial charge in [0.05, 0.1) is 17.2 Å². The fourth-order valence-corrected chi connectivity index (χ4v) is 3.16. The van der Waals surface area contributed by atoms with Crippen LogP contribution in [0.25, 0.3) is 0 Å². The van der Waals surface area contributed by atoms with Crippen molar-refractivity contribution >= 4 is 21.4 Å². The summed E-state index contributed by atoms with van der Waals surface area (Å²) in [5.41, 5.74) is 2.70. The van der Waals surface area contributed by atoms with Gasteiger partial charge in [-0.15, -0.1) is 11.6 Å². The first-order valence-corrected chi connectivity index (χ1v) is 8.34. The molecule has 1 unspecified atom stereocenters. The Morgan fingerprint density at radius 3 is 1.95 bits per heavy atom. The molecule has 1 rings (SSSR count). The molecular formula is C14H21ClO3S. The van der Waals surface area contributed by atoms with E-state index < -0.39 is 20.0 Å². The van der Waals surface area contributed by atoms with Crippen molar-refractivity contribution in [2.45, 2.75) is 37.8 Å². The molecular weight excluding hydrogens is 284 g/mol. The Labute approximate surface area is 120 Å². The molecule has 3 nitrogen and oxygen atoms in total. The lowest BCUT2D eigenvalue weighted by atomic mass is 9.97. The first-order chi connectivity index (χ1) is 8.52. The molecule has 0 amide bonds. The van der Waals surface area contributed by atoms with E-state index in [1.807, 2.05) is 26.0 Å². The smallest absolute Gasteiger partial charge is 0.154 e. The minimum atomic E-state index is -3.25. The highest BCUT2D eigenvalue weighted by atomic mass is 35.5. The van der Waals surface area contributed by atoms with E-state index in [0.717, 1.165) is 22.4 Å². The molecule has 0 heterocycles. The van der Waals surface area contributed by atoms with Crippen LogP contribution >= 0.6 is 11.6 Å². The summed E-state index contributed by atoms with van der Waals surface area (Å²) in [6.07, 6.45) is 1.21. The monoisotopic (exact) mass is 304 g/mol. The van der Waals surface area contributed by atoms with Crippen molar-refractivity contribution in [2.24, 2.45) is 0 Å². The number of halogens is 1. The van der Waals surface area contributed by atoms with Crippen molar-refractivity contribution in [1.29, 1.82) is 0 Å². The molecule has 1 atom stereocenters. The molecule has 0 fully saturated rings. The molecule has 108 valence electrons. The van der Waals surface area contributed by atoms with E-state index in [1.54, 1.807) is 21.0 Å². The van der Waals surface area contributed by atoms with Crippen LogP contribution in [0.3, 0.4) is 0 Å². The van der Waals surface area contributed by atoms with Gasteiger partial charge in [0.1, 0.15) is 5.75 Å². The molecule has 0 aliphatic rings. The van der Waals surface area contributed by atoms with E-state index in [0.29, 0.717) is 0 Å². The Kier molecular flexibility index (Phi) is 4.58. The van der Waals surface area contributed by atoms with Gasteiger partial charge in [0, 0.05) is 6.26 Å². The van der Waals surface area contributed by atoms with E-state index in [2.05, 4.69) is 0 Å². The number of methoxy groups -OCH3 is 1. The Bertz CT molecular complexity index is 553. The highest BCUT2D eigenvalue weighted by molar-refractivity contribution is 7.92. The van der Waals surface area contributed by atoms with E-state index in [1.165, 1.54) is 6.26 Å². The number of aryl methyl sites for hydroxylation is 2. The second-order valence-electron chi connectivity index (χ2n) is 5.43. The van der Waals surface area contributed by atoms with Crippen LogP contribution in [0.1, 0.15) is 35.9 Å². The lowest BCUT2D eigenvalue weighted by Crippen LogP contribution is -2.35. The molecule has 1 aromatic carbocycles. The summed E-state index contributed by atoms with van der Waals surface area (Å²) in [6, 6.07) is 3.77. The SMILES string of the molecule is COc1c(C)cc(C(Cl)C(C)(C)S(C)(=O)=O)cc1C. The Hall–Kier alpha value is -0.740. The fraction of sp³-hybridized carbons (Fsp3) is 0.571. The van der Waals surface area contributed by atoms with Crippen molar-refractivity contribution in [3.8, 4) is 5.75 Å². The van der Waals surface area contributed by atoms with Crippen LogP contribution in [-0.4, -0.2) is 26.5 Å². The first kappa shape index (κ1) is 16.3. The number of ether oxygens (including phenoxy) is 1. The normalized spacial score (nSPS) is 14.3. The van der Waals surface area contributed by atoms with Crippen LogP contribution in [0.5, 0.6) is 5.75 Å². The third kappa shape index (κ3) is 3.06. The van der Waals surface area contributed by atoms with Gasteiger partial charge < -0.3 is 4.74 Å². The number of hydrogen-bond acceptors (Lipinski definition) is 3. The van der Waals surface area contributed by atoms with Gasteiger partial charge in [-0.05, 0) is 44.4 Å². The largest absolute Gasteiger partial charge is 0.496 e. The molecule has 0 aliphatic heterocycles. The summed E-state index contributed by atoms with van der Waals surface area (Å²) in [5, 5.41) is -0.606. The van der Waals surface area contributed by atoms with Crippen molar-refractivity contribution in [3.63, 3.8) is 0 Å². The zero-order chi connectivity index (χ0) is 15.0. The van der Waals surface area contributed by atoms with Gasteiger partial charge >= 0.3 is 0 Å². The van der Waals surface area contributed by atoms with Gasteiger partial charge in [-0.3, -0.25) is 0 Å². The zero-order valence-electron chi connectivity index (χ0n) is 12.2. The van der Waals surface area contributed by atoms with E-state index in [4.69, 9.17) is 16.3 Å². The molecule has 0 N–H and O–H groups in total. The van der Waals surface area contributed by atoms with Crippen LogP contribution in [0, 0.1) is 13.8 Å². The van der Waals surface area contributed by atoms with Gasteiger partial charge in [-0.2, -0.15) is 0 Å². The number of sulfone groups is 1. The minimum Gasteiger partial charge on any atom is -0.496 e. The predicted molar refractivity (Wildman–Crippen MR) is 80.0 cm³/mol. The molecule has 5 heteroatoms. The second-order valence-corrected chi connectivity index (χ2v) is 8.46. The van der Waals surface area contributed by atoms with Crippen molar-refractivity contribution in [2.75, 3.05) is 13.4 Å². The standard InChI is InChI=1S/C14H21ClO3S/c1-9-7-11(8-10(2)12(9)18-5)13(15)14(3,4)19(6,16)17/h7-8,13H,1-6H3. The highest BCUT2D eigenvalue weighted by Gasteiger charge is 2.39. The van der Waals surface area contributed by atoms with Crippen LogP contribution in [0.4, 0.5) is 0 Å². The summed E-state index contributed by atoms with van der Waals surface area (Å²) in [7, 11) is -1.64. The predicted octanol–water partition coefficient (Wildman–Crippen LogP) is 3.42. The van der Waals surface area contributed by atoms with Crippen LogP contribution in [0.15, 0.2) is 12.1 Å². The summed E-state index contributed by atoms with van der Waals surface area (Å²) >= 11 is 6.40. The number of rotatable bonds is 4. The average molecular weight is 305 g/mol. The zero-order valence-corrected chi connectivity index (χ0v) is 13.8. The van der Waals surface area contributed by atoms with E-state index in [9.17, 15) is 8.42 Å². The first-order valence-electron chi connectivity index (χ1n) is 6.01. The maximum atomic E-state index is 11.9. The fourth-order valence-electron chi connectivity index (χ4n) is 2.04. The molecule has 0 radical (unpaired) electrons. The van der Waals surface area contributed by atoms with E-state index >= 15 is 0 Å². The molecule has 0 aliphatic carbocycles. The third-order valence-corrected chi connectivity index (χ3v) is 6.62. The lowest BCUT2D eigenvalue weighted by molar-refractivity contribution is 0.408. The van der Waals surface area contributed by atoms with E-state index in [-0.39, 0.29) is 0 Å². The number of benzene rings is 1. The van der Waals surface area contributed by atoms with Gasteiger partial charge in [0.25, 0.3) is 0 Å². The lowest BCUT2D eigenvalue weighted by Gasteiger charge is -2.29. The Balaban J connectivity index is 3.33. The minimum absolute atomic E-state index is 0.606.